The molecule has 0 bridgehead atoms. The molecule has 4 rings (SSSR count). The highest BCUT2D eigenvalue weighted by molar-refractivity contribution is 5.95. The summed E-state index contributed by atoms with van der Waals surface area (Å²) in [5.41, 5.74) is 4.16. The second kappa shape index (κ2) is 7.04. The summed E-state index contributed by atoms with van der Waals surface area (Å²) in [6.07, 6.45) is 7.27. The minimum absolute atomic E-state index is 0.00192. The molecule has 0 radical (unpaired) electrons. The van der Waals surface area contributed by atoms with Gasteiger partial charge in [-0.2, -0.15) is 0 Å². The number of H-pyrrole nitrogens is 1. The molecule has 0 unspecified atom stereocenters. The molecule has 1 aliphatic heterocycles. The Hall–Kier alpha value is -3.08. The standard InChI is InChI=1S/C21H22N4O/c1-2-20(26)25-10-6-9-16(14-25)24-17-11-18-19(13-23-21(18)22-12-17)15-7-4-3-5-8-15/h2-5,7-8,11-13,16,24H,1,6,9-10,14H2,(H,22,23)/t16-/m1/s1. The van der Waals surface area contributed by atoms with Gasteiger partial charge < -0.3 is 15.2 Å². The van der Waals surface area contributed by atoms with Crippen LogP contribution in [-0.2, 0) is 4.79 Å². The first kappa shape index (κ1) is 16.4. The minimum Gasteiger partial charge on any atom is -0.379 e. The van der Waals surface area contributed by atoms with Gasteiger partial charge in [-0.3, -0.25) is 4.79 Å². The van der Waals surface area contributed by atoms with Crippen LogP contribution >= 0.6 is 0 Å². The maximum absolute atomic E-state index is 11.9. The third-order valence-corrected chi connectivity index (χ3v) is 4.89. The number of hydrogen-bond donors (Lipinski definition) is 2. The van der Waals surface area contributed by atoms with E-state index >= 15 is 0 Å². The number of piperidine rings is 1. The highest BCUT2D eigenvalue weighted by Gasteiger charge is 2.22. The van der Waals surface area contributed by atoms with Crippen LogP contribution in [0.4, 0.5) is 5.69 Å². The highest BCUT2D eigenvalue weighted by Crippen LogP contribution is 2.29. The van der Waals surface area contributed by atoms with Gasteiger partial charge in [0.1, 0.15) is 5.65 Å². The van der Waals surface area contributed by atoms with Crippen LogP contribution < -0.4 is 5.32 Å². The van der Waals surface area contributed by atoms with E-state index in [-0.39, 0.29) is 11.9 Å². The topological polar surface area (TPSA) is 61.0 Å². The van der Waals surface area contributed by atoms with E-state index in [0.29, 0.717) is 6.54 Å². The highest BCUT2D eigenvalue weighted by atomic mass is 16.2. The first-order chi connectivity index (χ1) is 12.7. The summed E-state index contributed by atoms with van der Waals surface area (Å²) < 4.78 is 0. The van der Waals surface area contributed by atoms with E-state index in [0.717, 1.165) is 47.2 Å². The molecule has 1 aromatic carbocycles. The van der Waals surface area contributed by atoms with Gasteiger partial charge >= 0.3 is 0 Å². The molecular formula is C21H22N4O. The first-order valence-corrected chi connectivity index (χ1v) is 8.95. The number of benzene rings is 1. The monoisotopic (exact) mass is 346 g/mol. The second-order valence-electron chi connectivity index (χ2n) is 6.66. The van der Waals surface area contributed by atoms with Crippen LogP contribution in [0.1, 0.15) is 12.8 Å². The van der Waals surface area contributed by atoms with E-state index < -0.39 is 0 Å². The summed E-state index contributed by atoms with van der Waals surface area (Å²) in [4.78, 5) is 21.5. The van der Waals surface area contributed by atoms with Crippen molar-refractivity contribution in [2.75, 3.05) is 18.4 Å². The van der Waals surface area contributed by atoms with Crippen molar-refractivity contribution in [3.63, 3.8) is 0 Å². The maximum Gasteiger partial charge on any atom is 0.246 e. The lowest BCUT2D eigenvalue weighted by Crippen LogP contribution is -2.44. The van der Waals surface area contributed by atoms with Gasteiger partial charge in [-0.15, -0.1) is 0 Å². The van der Waals surface area contributed by atoms with Crippen molar-refractivity contribution in [1.82, 2.24) is 14.9 Å². The van der Waals surface area contributed by atoms with E-state index in [1.165, 1.54) is 6.08 Å². The molecule has 132 valence electrons. The zero-order valence-corrected chi connectivity index (χ0v) is 14.6. The maximum atomic E-state index is 11.9. The summed E-state index contributed by atoms with van der Waals surface area (Å²) >= 11 is 0. The van der Waals surface area contributed by atoms with Crippen molar-refractivity contribution in [3.05, 3.63) is 61.4 Å². The number of amides is 1. The molecule has 0 saturated carbocycles. The lowest BCUT2D eigenvalue weighted by atomic mass is 10.0. The Morgan fingerprint density at radius 2 is 2.19 bits per heavy atom. The molecule has 0 spiro atoms. The van der Waals surface area contributed by atoms with Crippen LogP contribution in [0.15, 0.2) is 61.4 Å². The van der Waals surface area contributed by atoms with Gasteiger partial charge in [0.25, 0.3) is 0 Å². The van der Waals surface area contributed by atoms with Crippen LogP contribution in [-0.4, -0.2) is 39.9 Å². The van der Waals surface area contributed by atoms with Crippen molar-refractivity contribution in [1.29, 1.82) is 0 Å². The smallest absolute Gasteiger partial charge is 0.246 e. The molecule has 3 aromatic rings. The summed E-state index contributed by atoms with van der Waals surface area (Å²) in [5.74, 6) is 0.00192. The third kappa shape index (κ3) is 3.20. The van der Waals surface area contributed by atoms with Gasteiger partial charge in [0.2, 0.25) is 5.91 Å². The van der Waals surface area contributed by atoms with Gasteiger partial charge in [0.05, 0.1) is 11.9 Å². The van der Waals surface area contributed by atoms with Crippen LogP contribution in [0, 0.1) is 0 Å². The van der Waals surface area contributed by atoms with E-state index in [2.05, 4.69) is 40.1 Å². The fourth-order valence-electron chi connectivity index (χ4n) is 3.60. The van der Waals surface area contributed by atoms with E-state index in [1.807, 2.05) is 35.5 Å². The Bertz CT molecular complexity index is 932. The number of nitrogens with zero attached hydrogens (tertiary/aromatic N) is 2. The molecule has 0 aliphatic carbocycles. The van der Waals surface area contributed by atoms with Gasteiger partial charge in [-0.1, -0.05) is 36.9 Å². The number of likely N-dealkylation sites (tertiary alicyclic amines) is 1. The average Bonchev–Trinajstić information content (AvgIpc) is 3.11. The van der Waals surface area contributed by atoms with Crippen LogP contribution in [0.2, 0.25) is 0 Å². The normalized spacial score (nSPS) is 17.2. The largest absolute Gasteiger partial charge is 0.379 e. The molecule has 1 atom stereocenters. The lowest BCUT2D eigenvalue weighted by molar-refractivity contribution is -0.127. The van der Waals surface area contributed by atoms with Crippen molar-refractivity contribution < 1.29 is 4.79 Å². The molecule has 1 fully saturated rings. The minimum atomic E-state index is 0.00192. The van der Waals surface area contributed by atoms with Crippen molar-refractivity contribution in [2.24, 2.45) is 0 Å². The Morgan fingerprint density at radius 1 is 1.35 bits per heavy atom. The number of carbonyl (C=O) groups is 1. The number of aromatic nitrogens is 2. The van der Waals surface area contributed by atoms with Gasteiger partial charge in [-0.05, 0) is 30.5 Å². The summed E-state index contributed by atoms with van der Waals surface area (Å²) in [7, 11) is 0. The molecule has 3 heterocycles. The number of pyridine rings is 1. The predicted octanol–water partition coefficient (Wildman–Crippen LogP) is 3.82. The molecule has 1 aliphatic rings. The zero-order valence-electron chi connectivity index (χ0n) is 14.6. The van der Waals surface area contributed by atoms with E-state index in [4.69, 9.17) is 0 Å². The zero-order chi connectivity index (χ0) is 17.9. The first-order valence-electron chi connectivity index (χ1n) is 8.95. The number of nitrogens with one attached hydrogen (secondary N) is 2. The molecule has 2 aromatic heterocycles. The van der Waals surface area contributed by atoms with E-state index in [9.17, 15) is 4.79 Å². The van der Waals surface area contributed by atoms with Crippen molar-refractivity contribution in [3.8, 4) is 11.1 Å². The fourth-order valence-corrected chi connectivity index (χ4v) is 3.60. The number of carbonyl (C=O) groups excluding carboxylic acids is 1. The molecule has 5 nitrogen and oxygen atoms in total. The predicted molar refractivity (Wildman–Crippen MR) is 105 cm³/mol. The Kier molecular flexibility index (Phi) is 4.44. The van der Waals surface area contributed by atoms with Crippen LogP contribution in [0.5, 0.6) is 0 Å². The molecule has 2 N–H and O–H groups in total. The third-order valence-electron chi connectivity index (χ3n) is 4.89. The number of rotatable bonds is 4. The Labute approximate surface area is 152 Å². The molecule has 1 saturated heterocycles. The van der Waals surface area contributed by atoms with Gasteiger partial charge in [-0.25, -0.2) is 4.98 Å². The molecule has 1 amide bonds. The molecule has 26 heavy (non-hydrogen) atoms. The quantitative estimate of drug-likeness (QED) is 0.706. The van der Waals surface area contributed by atoms with Crippen molar-refractivity contribution in [2.45, 2.75) is 18.9 Å². The lowest BCUT2D eigenvalue weighted by Gasteiger charge is -2.33. The number of fused-ring (bicyclic) bond motifs is 1. The second-order valence-corrected chi connectivity index (χ2v) is 6.66. The van der Waals surface area contributed by atoms with Crippen LogP contribution in [0.3, 0.4) is 0 Å². The Balaban J connectivity index is 1.58. The van der Waals surface area contributed by atoms with Crippen LogP contribution in [0.25, 0.3) is 22.2 Å². The van der Waals surface area contributed by atoms with E-state index in [1.54, 1.807) is 0 Å². The van der Waals surface area contributed by atoms with Crippen molar-refractivity contribution >= 4 is 22.6 Å². The summed E-state index contributed by atoms with van der Waals surface area (Å²) in [5, 5.41) is 4.64. The molecular weight excluding hydrogens is 324 g/mol. The SMILES string of the molecule is C=CC(=O)N1CCC[C@@H](Nc2cnc3[nH]cc(-c4ccccc4)c3c2)C1. The van der Waals surface area contributed by atoms with Gasteiger partial charge in [0.15, 0.2) is 0 Å². The number of hydrogen-bond acceptors (Lipinski definition) is 3. The fraction of sp³-hybridized carbons (Fsp3) is 0.238. The summed E-state index contributed by atoms with van der Waals surface area (Å²) in [6.45, 7) is 5.08. The molecule has 5 heteroatoms. The number of aromatic amines is 1. The average molecular weight is 346 g/mol. The summed E-state index contributed by atoms with van der Waals surface area (Å²) in [6, 6.07) is 12.7. The Morgan fingerprint density at radius 3 is 3.00 bits per heavy atom. The number of anilines is 1. The van der Waals surface area contributed by atoms with Gasteiger partial charge in [0, 0.05) is 36.3 Å².